The van der Waals surface area contributed by atoms with Crippen LogP contribution in [-0.2, 0) is 13.6 Å². The maximum absolute atomic E-state index is 4.44. The lowest BCUT2D eigenvalue weighted by Crippen LogP contribution is -2.53. The molecule has 102 valence electrons. The van der Waals surface area contributed by atoms with Crippen molar-refractivity contribution in [3.05, 3.63) is 17.5 Å². The lowest BCUT2D eigenvalue weighted by molar-refractivity contribution is 0.0569. The van der Waals surface area contributed by atoms with Crippen LogP contribution in [0.3, 0.4) is 0 Å². The van der Waals surface area contributed by atoms with Gasteiger partial charge in [0.2, 0.25) is 0 Å². The highest BCUT2D eigenvalue weighted by molar-refractivity contribution is 5.15. The van der Waals surface area contributed by atoms with Crippen LogP contribution < -0.4 is 0 Å². The first-order valence-electron chi connectivity index (χ1n) is 6.89. The fraction of sp³-hybridized carbons (Fsp3) is 0.786. The summed E-state index contributed by atoms with van der Waals surface area (Å²) in [5, 5.41) is 4.44. The number of aryl methyl sites for hydroxylation is 2. The summed E-state index contributed by atoms with van der Waals surface area (Å²) < 4.78 is 1.92. The summed E-state index contributed by atoms with van der Waals surface area (Å²) in [6, 6.07) is 0.656. The normalized spacial score (nSPS) is 22.9. The van der Waals surface area contributed by atoms with E-state index in [1.807, 2.05) is 11.7 Å². The quantitative estimate of drug-likeness (QED) is 0.812. The van der Waals surface area contributed by atoms with Crippen molar-refractivity contribution < 1.29 is 0 Å². The Morgan fingerprint density at radius 1 is 1.33 bits per heavy atom. The molecule has 0 aliphatic carbocycles. The van der Waals surface area contributed by atoms with Crippen LogP contribution in [0.15, 0.2) is 6.20 Å². The first kappa shape index (κ1) is 13.6. The summed E-state index contributed by atoms with van der Waals surface area (Å²) in [4.78, 5) is 5.06. The Hall–Kier alpha value is -0.870. The molecule has 18 heavy (non-hydrogen) atoms. The van der Waals surface area contributed by atoms with Gasteiger partial charge in [-0.25, -0.2) is 0 Å². The van der Waals surface area contributed by atoms with Crippen LogP contribution >= 0.6 is 0 Å². The van der Waals surface area contributed by atoms with E-state index in [4.69, 9.17) is 0 Å². The molecule has 4 nitrogen and oxygen atoms in total. The first-order valence-corrected chi connectivity index (χ1v) is 6.89. The van der Waals surface area contributed by atoms with Gasteiger partial charge in [0.1, 0.15) is 0 Å². The van der Waals surface area contributed by atoms with E-state index in [1.165, 1.54) is 24.3 Å². The van der Waals surface area contributed by atoms with E-state index in [9.17, 15) is 0 Å². The van der Waals surface area contributed by atoms with Gasteiger partial charge in [-0.3, -0.25) is 9.58 Å². The first-order chi connectivity index (χ1) is 8.47. The topological polar surface area (TPSA) is 24.3 Å². The Kier molecular flexibility index (Phi) is 4.07. The molecule has 1 aromatic heterocycles. The van der Waals surface area contributed by atoms with E-state index in [2.05, 4.69) is 48.9 Å². The van der Waals surface area contributed by atoms with E-state index in [0.717, 1.165) is 13.1 Å². The third-order valence-corrected chi connectivity index (χ3v) is 3.99. The minimum Gasteiger partial charge on any atom is -0.304 e. The lowest BCUT2D eigenvalue weighted by Gasteiger charge is -2.42. The molecule has 0 radical (unpaired) electrons. The predicted octanol–water partition coefficient (Wildman–Crippen LogP) is 1.50. The van der Waals surface area contributed by atoms with Gasteiger partial charge in [-0.2, -0.15) is 5.10 Å². The summed E-state index contributed by atoms with van der Waals surface area (Å²) in [5.74, 6) is 0.699. The number of hydrogen-bond acceptors (Lipinski definition) is 3. The van der Waals surface area contributed by atoms with Crippen LogP contribution in [0.25, 0.3) is 0 Å². The maximum atomic E-state index is 4.44. The molecule has 0 aromatic carbocycles. The van der Waals surface area contributed by atoms with Crippen LogP contribution in [-0.4, -0.2) is 52.3 Å². The lowest BCUT2D eigenvalue weighted by atomic mass is 9.99. The zero-order chi connectivity index (χ0) is 13.3. The summed E-state index contributed by atoms with van der Waals surface area (Å²) in [6.45, 7) is 11.3. The van der Waals surface area contributed by atoms with Crippen molar-refractivity contribution in [1.82, 2.24) is 19.6 Å². The molecule has 0 bridgehead atoms. The van der Waals surface area contributed by atoms with Gasteiger partial charge in [-0.15, -0.1) is 0 Å². The maximum Gasteiger partial charge on any atom is 0.0638 e. The highest BCUT2D eigenvalue weighted by Crippen LogP contribution is 2.20. The molecule has 1 aliphatic heterocycles. The summed E-state index contributed by atoms with van der Waals surface area (Å²) in [5.41, 5.74) is 2.53. The Bertz CT molecular complexity index is 396. The highest BCUT2D eigenvalue weighted by atomic mass is 15.3. The van der Waals surface area contributed by atoms with Gasteiger partial charge in [0.05, 0.1) is 5.69 Å². The zero-order valence-corrected chi connectivity index (χ0v) is 12.3. The Balaban J connectivity index is 2.09. The van der Waals surface area contributed by atoms with E-state index in [0.29, 0.717) is 12.0 Å². The minimum absolute atomic E-state index is 0.656. The van der Waals surface area contributed by atoms with Gasteiger partial charge < -0.3 is 4.90 Å². The third kappa shape index (κ3) is 2.93. The van der Waals surface area contributed by atoms with Gasteiger partial charge in [0, 0.05) is 51.0 Å². The average Bonchev–Trinajstić information content (AvgIpc) is 2.60. The fourth-order valence-electron chi connectivity index (χ4n) is 2.84. The number of piperazine rings is 1. The number of rotatable bonds is 3. The molecule has 0 N–H and O–H groups in total. The van der Waals surface area contributed by atoms with Crippen LogP contribution in [0.1, 0.15) is 25.1 Å². The van der Waals surface area contributed by atoms with Crippen LogP contribution in [0, 0.1) is 12.8 Å². The van der Waals surface area contributed by atoms with E-state index < -0.39 is 0 Å². The zero-order valence-electron chi connectivity index (χ0n) is 12.3. The minimum atomic E-state index is 0.656. The SMILES string of the molecule is Cc1nn(C)cc1CN1CCN(C)C[C@@H]1C(C)C. The van der Waals surface area contributed by atoms with Gasteiger partial charge >= 0.3 is 0 Å². The standard InChI is InChI=1S/C14H26N4/c1-11(2)14-10-16(4)6-7-18(14)9-13-8-17(5)15-12(13)3/h8,11,14H,6-7,9-10H2,1-5H3/t14-/m1/s1. The molecule has 0 saturated carbocycles. The molecule has 0 unspecified atom stereocenters. The Morgan fingerprint density at radius 3 is 2.61 bits per heavy atom. The second kappa shape index (κ2) is 5.41. The van der Waals surface area contributed by atoms with Crippen molar-refractivity contribution in [3.63, 3.8) is 0 Å². The van der Waals surface area contributed by atoms with Gasteiger partial charge in [-0.1, -0.05) is 13.8 Å². The smallest absolute Gasteiger partial charge is 0.0638 e. The van der Waals surface area contributed by atoms with Crippen molar-refractivity contribution in [1.29, 1.82) is 0 Å². The molecule has 1 saturated heterocycles. The molecule has 2 rings (SSSR count). The molecule has 0 spiro atoms. The number of hydrogen-bond donors (Lipinski definition) is 0. The summed E-state index contributed by atoms with van der Waals surface area (Å²) in [6.07, 6.45) is 2.16. The van der Waals surface area contributed by atoms with Crippen molar-refractivity contribution in [3.8, 4) is 0 Å². The summed E-state index contributed by atoms with van der Waals surface area (Å²) >= 11 is 0. The van der Waals surface area contributed by atoms with Crippen LogP contribution in [0.4, 0.5) is 0 Å². The average molecular weight is 250 g/mol. The number of likely N-dealkylation sites (N-methyl/N-ethyl adjacent to an activating group) is 1. The van der Waals surface area contributed by atoms with Crippen molar-refractivity contribution in [2.75, 3.05) is 26.7 Å². The molecular formula is C14H26N4. The predicted molar refractivity (Wildman–Crippen MR) is 74.5 cm³/mol. The molecule has 4 heteroatoms. The second-order valence-electron chi connectivity index (χ2n) is 5.96. The Labute approximate surface area is 111 Å². The van der Waals surface area contributed by atoms with Crippen molar-refractivity contribution in [2.45, 2.75) is 33.4 Å². The largest absolute Gasteiger partial charge is 0.304 e. The van der Waals surface area contributed by atoms with Crippen molar-refractivity contribution >= 4 is 0 Å². The highest BCUT2D eigenvalue weighted by Gasteiger charge is 2.28. The molecule has 1 aliphatic rings. The summed E-state index contributed by atoms with van der Waals surface area (Å²) in [7, 11) is 4.22. The molecule has 1 fully saturated rings. The van der Waals surface area contributed by atoms with E-state index in [-0.39, 0.29) is 0 Å². The van der Waals surface area contributed by atoms with Gasteiger partial charge in [0.25, 0.3) is 0 Å². The number of aromatic nitrogens is 2. The van der Waals surface area contributed by atoms with Gasteiger partial charge in [-0.05, 0) is 19.9 Å². The fourth-order valence-corrected chi connectivity index (χ4v) is 2.84. The second-order valence-corrected chi connectivity index (χ2v) is 5.96. The molecule has 0 amide bonds. The molecule has 1 atom stereocenters. The monoisotopic (exact) mass is 250 g/mol. The molecule has 2 heterocycles. The number of nitrogens with zero attached hydrogens (tertiary/aromatic N) is 4. The van der Waals surface area contributed by atoms with Gasteiger partial charge in [0.15, 0.2) is 0 Å². The van der Waals surface area contributed by atoms with Crippen LogP contribution in [0.2, 0.25) is 0 Å². The van der Waals surface area contributed by atoms with E-state index >= 15 is 0 Å². The van der Waals surface area contributed by atoms with Crippen molar-refractivity contribution in [2.24, 2.45) is 13.0 Å². The van der Waals surface area contributed by atoms with Crippen LogP contribution in [0.5, 0.6) is 0 Å². The molecular weight excluding hydrogens is 224 g/mol. The van der Waals surface area contributed by atoms with E-state index in [1.54, 1.807) is 0 Å². The Morgan fingerprint density at radius 2 is 2.06 bits per heavy atom. The third-order valence-electron chi connectivity index (χ3n) is 3.99. The molecule has 1 aromatic rings.